The van der Waals surface area contributed by atoms with Crippen LogP contribution in [0.3, 0.4) is 0 Å². The van der Waals surface area contributed by atoms with E-state index in [0.717, 1.165) is 0 Å². The lowest BCUT2D eigenvalue weighted by Crippen LogP contribution is -2.39. The molecule has 19 heavy (non-hydrogen) atoms. The summed E-state index contributed by atoms with van der Waals surface area (Å²) in [6.07, 6.45) is 0. The van der Waals surface area contributed by atoms with Gasteiger partial charge >= 0.3 is 0 Å². The zero-order valence-electron chi connectivity index (χ0n) is 10.1. The molecule has 4 nitrogen and oxygen atoms in total. The van der Waals surface area contributed by atoms with E-state index < -0.39 is 17.7 Å². The quantitative estimate of drug-likeness (QED) is 0.791. The third kappa shape index (κ3) is 6.20. The molecule has 1 unspecified atom stereocenters. The first-order chi connectivity index (χ1) is 8.54. The van der Waals surface area contributed by atoms with Gasteiger partial charge in [-0.15, -0.1) is 12.4 Å². The number of alkyl halides is 2. The van der Waals surface area contributed by atoms with Crippen LogP contribution in [0, 0.1) is 0 Å². The Labute approximate surface area is 120 Å². The molecule has 1 rings (SSSR count). The number of hydrogen-bond acceptors (Lipinski definition) is 4. The summed E-state index contributed by atoms with van der Waals surface area (Å²) in [5.41, 5.74) is 5.85. The molecular weight excluding hydrogens is 298 g/mol. The summed E-state index contributed by atoms with van der Waals surface area (Å²) >= 11 is 0.372. The molecule has 108 valence electrons. The van der Waals surface area contributed by atoms with Crippen LogP contribution in [0.15, 0.2) is 29.2 Å². The summed E-state index contributed by atoms with van der Waals surface area (Å²) in [5.74, 6) is -3.02. The number of halogens is 3. The number of carbonyl (C=O) groups is 1. The van der Waals surface area contributed by atoms with E-state index in [2.05, 4.69) is 5.32 Å². The molecule has 0 heterocycles. The Morgan fingerprint density at radius 3 is 2.68 bits per heavy atom. The SMILES string of the molecule is COCC(N)C(=O)Nc1ccccc1SC(F)F.Cl. The first kappa shape index (κ1) is 18.1. The summed E-state index contributed by atoms with van der Waals surface area (Å²) in [4.78, 5) is 11.9. The van der Waals surface area contributed by atoms with Crippen LogP contribution in [-0.2, 0) is 9.53 Å². The predicted molar refractivity (Wildman–Crippen MR) is 74.0 cm³/mol. The minimum absolute atomic E-state index is 0. The lowest BCUT2D eigenvalue weighted by Gasteiger charge is -2.13. The number of rotatable bonds is 6. The maximum Gasteiger partial charge on any atom is 0.288 e. The van der Waals surface area contributed by atoms with E-state index >= 15 is 0 Å². The first-order valence-electron chi connectivity index (χ1n) is 5.13. The summed E-state index contributed by atoms with van der Waals surface area (Å²) < 4.78 is 29.4. The number of thioether (sulfide) groups is 1. The van der Waals surface area contributed by atoms with E-state index in [-0.39, 0.29) is 19.0 Å². The zero-order valence-corrected chi connectivity index (χ0v) is 11.8. The standard InChI is InChI=1S/C11H14F2N2O2S.ClH/c1-17-6-7(14)10(16)15-8-4-2-3-5-9(8)18-11(12)13;/h2-5,7,11H,6,14H2,1H3,(H,15,16);1H. The van der Waals surface area contributed by atoms with Crippen molar-refractivity contribution in [2.75, 3.05) is 19.0 Å². The molecule has 1 amide bonds. The van der Waals surface area contributed by atoms with Gasteiger partial charge in [0.15, 0.2) is 0 Å². The van der Waals surface area contributed by atoms with Crippen molar-refractivity contribution >= 4 is 35.8 Å². The number of methoxy groups -OCH3 is 1. The minimum atomic E-state index is -2.55. The summed E-state index contributed by atoms with van der Waals surface area (Å²) in [6.45, 7) is 0.0655. The van der Waals surface area contributed by atoms with Gasteiger partial charge in [0.05, 0.1) is 12.3 Å². The molecule has 1 aromatic carbocycles. The van der Waals surface area contributed by atoms with Crippen molar-refractivity contribution in [1.29, 1.82) is 0 Å². The molecule has 0 saturated carbocycles. The molecule has 0 aliphatic heterocycles. The molecular formula is C11H15ClF2N2O2S. The number of carbonyl (C=O) groups excluding carboxylic acids is 1. The van der Waals surface area contributed by atoms with Gasteiger partial charge in [0.25, 0.3) is 5.76 Å². The van der Waals surface area contributed by atoms with Gasteiger partial charge in [-0.2, -0.15) is 8.78 Å². The highest BCUT2D eigenvalue weighted by molar-refractivity contribution is 7.99. The van der Waals surface area contributed by atoms with Gasteiger partial charge < -0.3 is 15.8 Å². The second-order valence-corrected chi connectivity index (χ2v) is 4.46. The van der Waals surface area contributed by atoms with Gasteiger partial charge in [-0.3, -0.25) is 4.79 Å². The molecule has 1 atom stereocenters. The average Bonchev–Trinajstić information content (AvgIpc) is 2.31. The van der Waals surface area contributed by atoms with E-state index in [0.29, 0.717) is 22.3 Å². The van der Waals surface area contributed by atoms with Gasteiger partial charge in [0.2, 0.25) is 5.91 Å². The molecule has 0 radical (unpaired) electrons. The van der Waals surface area contributed by atoms with Crippen molar-refractivity contribution in [2.45, 2.75) is 16.7 Å². The maximum atomic E-state index is 12.3. The van der Waals surface area contributed by atoms with E-state index in [1.165, 1.54) is 13.2 Å². The summed E-state index contributed by atoms with van der Waals surface area (Å²) in [6, 6.07) is 5.48. The largest absolute Gasteiger partial charge is 0.383 e. The van der Waals surface area contributed by atoms with Gasteiger partial charge in [-0.25, -0.2) is 0 Å². The van der Waals surface area contributed by atoms with Gasteiger partial charge in [0.1, 0.15) is 6.04 Å². The molecule has 3 N–H and O–H groups in total. The highest BCUT2D eigenvalue weighted by atomic mass is 35.5. The van der Waals surface area contributed by atoms with Gasteiger partial charge in [0, 0.05) is 12.0 Å². The number of benzene rings is 1. The second kappa shape index (κ2) is 9.08. The third-order valence-corrected chi connectivity index (χ3v) is 2.83. The smallest absolute Gasteiger partial charge is 0.288 e. The van der Waals surface area contributed by atoms with E-state index in [9.17, 15) is 13.6 Å². The lowest BCUT2D eigenvalue weighted by molar-refractivity contribution is -0.118. The van der Waals surface area contributed by atoms with Gasteiger partial charge in [-0.1, -0.05) is 23.9 Å². The Morgan fingerprint density at radius 1 is 1.47 bits per heavy atom. The highest BCUT2D eigenvalue weighted by Gasteiger charge is 2.16. The number of anilines is 1. The van der Waals surface area contributed by atoms with E-state index in [1.54, 1.807) is 18.2 Å². The van der Waals surface area contributed by atoms with Crippen LogP contribution in [0.1, 0.15) is 0 Å². The van der Waals surface area contributed by atoms with Crippen LogP contribution in [-0.4, -0.2) is 31.4 Å². The van der Waals surface area contributed by atoms with Crippen LogP contribution in [0.2, 0.25) is 0 Å². The molecule has 0 fully saturated rings. The van der Waals surface area contributed by atoms with Crippen LogP contribution >= 0.6 is 24.2 Å². The van der Waals surface area contributed by atoms with Crippen molar-refractivity contribution in [3.05, 3.63) is 24.3 Å². The summed E-state index contributed by atoms with van der Waals surface area (Å²) in [7, 11) is 1.42. The number of amides is 1. The Bertz CT molecular complexity index is 410. The first-order valence-corrected chi connectivity index (χ1v) is 6.01. The molecule has 0 saturated heterocycles. The zero-order chi connectivity index (χ0) is 13.5. The van der Waals surface area contributed by atoms with Gasteiger partial charge in [-0.05, 0) is 12.1 Å². The normalized spacial score (nSPS) is 11.8. The van der Waals surface area contributed by atoms with Crippen molar-refractivity contribution in [3.8, 4) is 0 Å². The molecule has 0 bridgehead atoms. The second-order valence-electron chi connectivity index (χ2n) is 3.43. The van der Waals surface area contributed by atoms with Crippen LogP contribution < -0.4 is 11.1 Å². The Balaban J connectivity index is 0.00000324. The molecule has 0 aliphatic carbocycles. The number of nitrogens with two attached hydrogens (primary N) is 1. The van der Waals surface area contributed by atoms with Crippen molar-refractivity contribution in [3.63, 3.8) is 0 Å². The monoisotopic (exact) mass is 312 g/mol. The summed E-state index contributed by atoms with van der Waals surface area (Å²) in [5, 5.41) is 2.50. The average molecular weight is 313 g/mol. The molecule has 1 aromatic rings. The predicted octanol–water partition coefficient (Wildman–Crippen LogP) is 2.34. The number of ether oxygens (including phenoxy) is 1. The van der Waals surface area contributed by atoms with Crippen LogP contribution in [0.4, 0.5) is 14.5 Å². The fourth-order valence-electron chi connectivity index (χ4n) is 1.25. The number of hydrogen-bond donors (Lipinski definition) is 2. The highest BCUT2D eigenvalue weighted by Crippen LogP contribution is 2.31. The maximum absolute atomic E-state index is 12.3. The Kier molecular flexibility index (Phi) is 8.66. The topological polar surface area (TPSA) is 64.3 Å². The van der Waals surface area contributed by atoms with Crippen LogP contribution in [0.5, 0.6) is 0 Å². The molecule has 0 aromatic heterocycles. The third-order valence-electron chi connectivity index (χ3n) is 2.04. The Morgan fingerprint density at radius 2 is 2.11 bits per heavy atom. The fraction of sp³-hybridized carbons (Fsp3) is 0.364. The van der Waals surface area contributed by atoms with E-state index in [4.69, 9.17) is 10.5 Å². The van der Waals surface area contributed by atoms with E-state index in [1.807, 2.05) is 0 Å². The number of para-hydroxylation sites is 1. The molecule has 0 spiro atoms. The van der Waals surface area contributed by atoms with Crippen molar-refractivity contribution < 1.29 is 18.3 Å². The minimum Gasteiger partial charge on any atom is -0.383 e. The van der Waals surface area contributed by atoms with Crippen molar-refractivity contribution in [1.82, 2.24) is 0 Å². The molecule has 0 aliphatic rings. The number of nitrogens with one attached hydrogen (secondary N) is 1. The lowest BCUT2D eigenvalue weighted by atomic mass is 10.2. The van der Waals surface area contributed by atoms with Crippen molar-refractivity contribution in [2.24, 2.45) is 5.73 Å². The molecule has 8 heteroatoms. The fourth-order valence-corrected chi connectivity index (χ4v) is 1.84. The van der Waals surface area contributed by atoms with Crippen LogP contribution in [0.25, 0.3) is 0 Å². The Hall–Kier alpha value is -0.890.